The largest absolute Gasteiger partial charge is 0.355 e. The van der Waals surface area contributed by atoms with Crippen LogP contribution in [0.4, 0.5) is 15.6 Å². The summed E-state index contributed by atoms with van der Waals surface area (Å²) in [6.07, 6.45) is 7.47. The van der Waals surface area contributed by atoms with E-state index in [0.717, 1.165) is 35.2 Å². The Kier molecular flexibility index (Phi) is 5.86. The molecule has 1 saturated heterocycles. The van der Waals surface area contributed by atoms with Gasteiger partial charge in [-0.1, -0.05) is 11.6 Å². The van der Waals surface area contributed by atoms with E-state index in [1.54, 1.807) is 24.8 Å². The molecule has 1 aliphatic heterocycles. The van der Waals surface area contributed by atoms with Crippen molar-refractivity contribution in [3.8, 4) is 0 Å². The molecule has 0 aliphatic carbocycles. The van der Waals surface area contributed by atoms with Crippen LogP contribution in [0.2, 0.25) is 5.02 Å². The summed E-state index contributed by atoms with van der Waals surface area (Å²) in [5, 5.41) is 7.27. The maximum absolute atomic E-state index is 12.6. The summed E-state index contributed by atoms with van der Waals surface area (Å²) in [5.74, 6) is 0.798. The van der Waals surface area contributed by atoms with Crippen LogP contribution in [0.5, 0.6) is 0 Å². The van der Waals surface area contributed by atoms with Gasteiger partial charge in [0.2, 0.25) is 0 Å². The third kappa shape index (κ3) is 4.80. The molecule has 3 aromatic rings. The minimum absolute atomic E-state index is 0.0167. The first-order chi connectivity index (χ1) is 14.1. The van der Waals surface area contributed by atoms with Crippen LogP contribution in [0.15, 0.2) is 43.0 Å². The average molecular weight is 430 g/mol. The number of nitrogens with one attached hydrogen (secondary N) is 2. The minimum Gasteiger partial charge on any atom is -0.355 e. The molecule has 10 heteroatoms. The Balaban J connectivity index is 1.51. The highest BCUT2D eigenvalue weighted by molar-refractivity contribution is 7.10. The molecule has 2 N–H and O–H groups in total. The molecule has 0 spiro atoms. The first-order valence-electron chi connectivity index (χ1n) is 9.22. The van der Waals surface area contributed by atoms with E-state index in [4.69, 9.17) is 11.6 Å². The first-order valence-corrected chi connectivity index (χ1v) is 10.4. The van der Waals surface area contributed by atoms with Crippen molar-refractivity contribution in [2.45, 2.75) is 25.3 Å². The number of nitrogens with zero attached hydrogens (tertiary/aromatic N) is 5. The fourth-order valence-corrected chi connectivity index (χ4v) is 4.20. The second-order valence-electron chi connectivity index (χ2n) is 6.84. The lowest BCUT2D eigenvalue weighted by atomic mass is 9.89. The molecule has 2 unspecified atom stereocenters. The standard InChI is InChI=1S/C19H20ClN7OS/c1-12-8-18(29-26-12)25-19(28)24-16-4-7-27(17-10-21-5-6-22-17)11-14(16)15-3-2-13(20)9-23-15/h2-3,5-6,8-10,14,16H,4,7,11H2,1H3,(H2,24,25,28). The van der Waals surface area contributed by atoms with Crippen LogP contribution in [0, 0.1) is 6.92 Å². The summed E-state index contributed by atoms with van der Waals surface area (Å²) in [4.78, 5) is 27.8. The van der Waals surface area contributed by atoms with Gasteiger partial charge in [-0.15, -0.1) is 0 Å². The van der Waals surface area contributed by atoms with Crippen molar-refractivity contribution in [3.05, 3.63) is 59.4 Å². The van der Waals surface area contributed by atoms with Crippen LogP contribution in [0.3, 0.4) is 0 Å². The molecule has 0 radical (unpaired) electrons. The number of hydrogen-bond donors (Lipinski definition) is 2. The van der Waals surface area contributed by atoms with Crippen molar-refractivity contribution in [1.29, 1.82) is 0 Å². The Morgan fingerprint density at radius 2 is 2.17 bits per heavy atom. The van der Waals surface area contributed by atoms with E-state index in [9.17, 15) is 4.79 Å². The van der Waals surface area contributed by atoms with Gasteiger partial charge in [0.15, 0.2) is 0 Å². The Hall–Kier alpha value is -2.78. The molecular weight excluding hydrogens is 410 g/mol. The maximum Gasteiger partial charge on any atom is 0.320 e. The van der Waals surface area contributed by atoms with Crippen molar-refractivity contribution >= 4 is 40.0 Å². The number of anilines is 2. The Morgan fingerprint density at radius 3 is 2.86 bits per heavy atom. The van der Waals surface area contributed by atoms with Crippen LogP contribution in [0.1, 0.15) is 23.7 Å². The predicted molar refractivity (Wildman–Crippen MR) is 114 cm³/mol. The van der Waals surface area contributed by atoms with E-state index >= 15 is 0 Å². The summed E-state index contributed by atoms with van der Waals surface area (Å²) in [6, 6.07) is 5.25. The quantitative estimate of drug-likeness (QED) is 0.659. The summed E-state index contributed by atoms with van der Waals surface area (Å²) in [5.41, 5.74) is 1.76. The lowest BCUT2D eigenvalue weighted by molar-refractivity contribution is 0.243. The lowest BCUT2D eigenvalue weighted by Crippen LogP contribution is -2.51. The molecular formula is C19H20ClN7OS. The smallest absolute Gasteiger partial charge is 0.320 e. The van der Waals surface area contributed by atoms with E-state index in [1.807, 2.05) is 25.1 Å². The van der Waals surface area contributed by atoms with Crippen molar-refractivity contribution in [2.75, 3.05) is 23.3 Å². The molecule has 3 aromatic heterocycles. The SMILES string of the molecule is Cc1cc(NC(=O)NC2CCN(c3cnccn3)CC2c2ccc(Cl)cn2)sn1. The number of urea groups is 1. The van der Waals surface area contributed by atoms with Gasteiger partial charge >= 0.3 is 6.03 Å². The Labute approximate surface area is 177 Å². The van der Waals surface area contributed by atoms with Crippen LogP contribution in [-0.4, -0.2) is 44.5 Å². The van der Waals surface area contributed by atoms with Gasteiger partial charge in [-0.3, -0.25) is 15.3 Å². The van der Waals surface area contributed by atoms with Gasteiger partial charge in [0.05, 0.1) is 16.9 Å². The van der Waals surface area contributed by atoms with E-state index < -0.39 is 0 Å². The number of amides is 2. The molecule has 2 atom stereocenters. The average Bonchev–Trinajstić information content (AvgIpc) is 3.14. The monoisotopic (exact) mass is 429 g/mol. The first kappa shape index (κ1) is 19.5. The highest BCUT2D eigenvalue weighted by Gasteiger charge is 2.33. The summed E-state index contributed by atoms with van der Waals surface area (Å²) < 4.78 is 4.19. The molecule has 8 nitrogen and oxygen atoms in total. The van der Waals surface area contributed by atoms with Gasteiger partial charge in [0.25, 0.3) is 0 Å². The topological polar surface area (TPSA) is 95.9 Å². The van der Waals surface area contributed by atoms with E-state index in [0.29, 0.717) is 11.6 Å². The fraction of sp³-hybridized carbons (Fsp3) is 0.316. The molecule has 2 amide bonds. The van der Waals surface area contributed by atoms with E-state index in [-0.39, 0.29) is 18.0 Å². The van der Waals surface area contributed by atoms with Crippen molar-refractivity contribution in [2.24, 2.45) is 0 Å². The van der Waals surface area contributed by atoms with Crippen molar-refractivity contribution in [1.82, 2.24) is 24.6 Å². The van der Waals surface area contributed by atoms with Crippen molar-refractivity contribution in [3.63, 3.8) is 0 Å². The number of aromatic nitrogens is 4. The van der Waals surface area contributed by atoms with Crippen LogP contribution in [-0.2, 0) is 0 Å². The zero-order valence-corrected chi connectivity index (χ0v) is 17.3. The van der Waals surface area contributed by atoms with Crippen LogP contribution >= 0.6 is 23.1 Å². The molecule has 4 rings (SSSR count). The van der Waals surface area contributed by atoms with Gasteiger partial charge in [-0.25, -0.2) is 9.78 Å². The number of piperidine rings is 1. The molecule has 0 saturated carbocycles. The van der Waals surface area contributed by atoms with Crippen LogP contribution < -0.4 is 15.5 Å². The van der Waals surface area contributed by atoms with Crippen molar-refractivity contribution < 1.29 is 4.79 Å². The number of aryl methyl sites for hydroxylation is 1. The zero-order chi connectivity index (χ0) is 20.2. The molecule has 1 fully saturated rings. The summed E-state index contributed by atoms with van der Waals surface area (Å²) in [7, 11) is 0. The molecule has 1 aliphatic rings. The Morgan fingerprint density at radius 1 is 1.28 bits per heavy atom. The van der Waals surface area contributed by atoms with Gasteiger partial charge < -0.3 is 10.2 Å². The number of rotatable bonds is 4. The number of hydrogen-bond acceptors (Lipinski definition) is 7. The molecule has 4 heterocycles. The summed E-state index contributed by atoms with van der Waals surface area (Å²) in [6.45, 7) is 3.31. The third-order valence-electron chi connectivity index (χ3n) is 4.80. The number of carbonyl (C=O) groups excluding carboxylic acids is 1. The highest BCUT2D eigenvalue weighted by atomic mass is 35.5. The van der Waals surface area contributed by atoms with Crippen LogP contribution in [0.25, 0.3) is 0 Å². The fourth-order valence-electron chi connectivity index (χ4n) is 3.43. The predicted octanol–water partition coefficient (Wildman–Crippen LogP) is 3.47. The second kappa shape index (κ2) is 8.71. The minimum atomic E-state index is -0.245. The van der Waals surface area contributed by atoms with Gasteiger partial charge in [0.1, 0.15) is 10.8 Å². The highest BCUT2D eigenvalue weighted by Crippen LogP contribution is 2.29. The molecule has 0 bridgehead atoms. The second-order valence-corrected chi connectivity index (χ2v) is 8.08. The van der Waals surface area contributed by atoms with Gasteiger partial charge in [-0.05, 0) is 43.1 Å². The third-order valence-corrected chi connectivity index (χ3v) is 5.82. The summed E-state index contributed by atoms with van der Waals surface area (Å²) >= 11 is 7.28. The zero-order valence-electron chi connectivity index (χ0n) is 15.7. The molecule has 150 valence electrons. The molecule has 29 heavy (non-hydrogen) atoms. The lowest BCUT2D eigenvalue weighted by Gasteiger charge is -2.39. The Bertz CT molecular complexity index is 966. The molecule has 0 aromatic carbocycles. The maximum atomic E-state index is 12.6. The van der Waals surface area contributed by atoms with Gasteiger partial charge in [0, 0.05) is 49.3 Å². The van der Waals surface area contributed by atoms with Gasteiger partial charge in [-0.2, -0.15) is 4.37 Å². The number of halogens is 1. The van der Waals surface area contributed by atoms with E-state index in [1.165, 1.54) is 11.5 Å². The number of carbonyl (C=O) groups is 1. The normalized spacial score (nSPS) is 19.0. The van der Waals surface area contributed by atoms with E-state index in [2.05, 4.69) is 34.9 Å². The number of pyridine rings is 1.